The molecule has 4 heteroatoms. The van der Waals surface area contributed by atoms with Crippen LogP contribution in [0.5, 0.6) is 0 Å². The van der Waals surface area contributed by atoms with E-state index >= 15 is 0 Å². The molecular weight excluding hydrogens is 223 g/mol. The molecule has 0 aromatic heterocycles. The van der Waals surface area contributed by atoms with Gasteiger partial charge in [0.2, 0.25) is 0 Å². The van der Waals surface area contributed by atoms with Crippen molar-refractivity contribution in [2.75, 3.05) is 5.73 Å². The van der Waals surface area contributed by atoms with Crippen LogP contribution in [0.2, 0.25) is 0 Å². The first-order valence-electron chi connectivity index (χ1n) is 3.22. The molecule has 1 rings (SSSR count). The lowest BCUT2D eigenvalue weighted by Gasteiger charge is -2.04. The Bertz CT molecular complexity index is 368. The Morgan fingerprint density at radius 3 is 2.75 bits per heavy atom. The molecule has 2 nitrogen and oxygen atoms in total. The summed E-state index contributed by atoms with van der Waals surface area (Å²) < 4.78 is 13.3. The van der Waals surface area contributed by atoms with Gasteiger partial charge in [0, 0.05) is 0 Å². The highest BCUT2D eigenvalue weighted by Gasteiger charge is 2.11. The molecule has 0 heterocycles. The van der Waals surface area contributed by atoms with Crippen LogP contribution >= 0.6 is 15.9 Å². The van der Waals surface area contributed by atoms with Gasteiger partial charge in [-0.25, -0.2) is 4.39 Å². The van der Waals surface area contributed by atoms with Gasteiger partial charge in [-0.1, -0.05) is 0 Å². The molecule has 0 aliphatic rings. The van der Waals surface area contributed by atoms with Crippen LogP contribution in [0.15, 0.2) is 10.5 Å². The van der Waals surface area contributed by atoms with Crippen LogP contribution in [0.1, 0.15) is 11.1 Å². The van der Waals surface area contributed by atoms with Crippen molar-refractivity contribution < 1.29 is 4.39 Å². The van der Waals surface area contributed by atoms with E-state index in [1.165, 1.54) is 6.07 Å². The molecule has 0 spiro atoms. The minimum absolute atomic E-state index is 0.00794. The van der Waals surface area contributed by atoms with Crippen LogP contribution < -0.4 is 5.73 Å². The van der Waals surface area contributed by atoms with Crippen molar-refractivity contribution in [1.29, 1.82) is 5.26 Å². The number of aryl methyl sites for hydroxylation is 1. The highest BCUT2D eigenvalue weighted by molar-refractivity contribution is 9.10. The zero-order valence-electron chi connectivity index (χ0n) is 6.36. The Hall–Kier alpha value is -1.08. The molecule has 1 aromatic carbocycles. The Morgan fingerprint density at radius 1 is 1.67 bits per heavy atom. The minimum atomic E-state index is -0.597. The van der Waals surface area contributed by atoms with Gasteiger partial charge in [0.25, 0.3) is 0 Å². The van der Waals surface area contributed by atoms with E-state index in [0.29, 0.717) is 11.3 Å². The van der Waals surface area contributed by atoms with E-state index in [9.17, 15) is 4.39 Å². The summed E-state index contributed by atoms with van der Waals surface area (Å²) >= 11 is 2.97. The Kier molecular flexibility index (Phi) is 2.34. The first-order chi connectivity index (χ1) is 5.57. The number of nitrogen functional groups attached to an aromatic ring is 1. The van der Waals surface area contributed by atoms with Crippen LogP contribution in [-0.2, 0) is 0 Å². The predicted octanol–water partition coefficient (Wildman–Crippen LogP) is 2.35. The van der Waals surface area contributed by atoms with Crippen molar-refractivity contribution in [3.05, 3.63) is 27.5 Å². The van der Waals surface area contributed by atoms with Crippen molar-refractivity contribution in [1.82, 2.24) is 0 Å². The first-order valence-corrected chi connectivity index (χ1v) is 4.01. The average molecular weight is 229 g/mol. The molecule has 2 N–H and O–H groups in total. The molecule has 0 aliphatic heterocycles. The second-order valence-corrected chi connectivity index (χ2v) is 3.19. The van der Waals surface area contributed by atoms with Gasteiger partial charge >= 0.3 is 0 Å². The lowest BCUT2D eigenvalue weighted by molar-refractivity contribution is 0.617. The Morgan fingerprint density at radius 2 is 2.25 bits per heavy atom. The molecule has 12 heavy (non-hydrogen) atoms. The molecule has 62 valence electrons. The van der Waals surface area contributed by atoms with Crippen molar-refractivity contribution >= 4 is 21.6 Å². The summed E-state index contributed by atoms with van der Waals surface area (Å²) in [5, 5.41) is 8.51. The number of nitriles is 1. The van der Waals surface area contributed by atoms with Crippen LogP contribution in [0.3, 0.4) is 0 Å². The standard InChI is InChI=1S/C8H6BrFN2/c1-4-2-5(3-11)7(10)6(9)8(4)12/h2H,12H2,1H3. The summed E-state index contributed by atoms with van der Waals surface area (Å²) in [7, 11) is 0. The molecule has 0 radical (unpaired) electrons. The molecule has 0 amide bonds. The molecule has 0 bridgehead atoms. The number of hydrogen-bond acceptors (Lipinski definition) is 2. The van der Waals surface area contributed by atoms with E-state index < -0.39 is 5.82 Å². The largest absolute Gasteiger partial charge is 0.398 e. The number of benzene rings is 1. The highest BCUT2D eigenvalue weighted by atomic mass is 79.9. The molecular formula is C8H6BrFN2. The van der Waals surface area contributed by atoms with E-state index in [4.69, 9.17) is 11.0 Å². The van der Waals surface area contributed by atoms with E-state index in [-0.39, 0.29) is 10.0 Å². The normalized spacial score (nSPS) is 9.50. The summed E-state index contributed by atoms with van der Waals surface area (Å²) in [5.74, 6) is -0.597. The third-order valence-corrected chi connectivity index (χ3v) is 2.35. The van der Waals surface area contributed by atoms with Gasteiger partial charge in [0.15, 0.2) is 5.82 Å². The van der Waals surface area contributed by atoms with Crippen LogP contribution in [0.25, 0.3) is 0 Å². The third-order valence-electron chi connectivity index (χ3n) is 1.57. The zero-order valence-corrected chi connectivity index (χ0v) is 7.94. The topological polar surface area (TPSA) is 49.8 Å². The van der Waals surface area contributed by atoms with Gasteiger partial charge in [-0.3, -0.25) is 0 Å². The van der Waals surface area contributed by atoms with E-state index in [2.05, 4.69) is 15.9 Å². The minimum Gasteiger partial charge on any atom is -0.398 e. The lowest BCUT2D eigenvalue weighted by Crippen LogP contribution is -1.96. The van der Waals surface area contributed by atoms with Crippen molar-refractivity contribution in [2.45, 2.75) is 6.92 Å². The summed E-state index contributed by atoms with van der Waals surface area (Å²) in [6.45, 7) is 1.72. The number of anilines is 1. The molecule has 0 fully saturated rings. The van der Waals surface area contributed by atoms with Crippen LogP contribution in [0, 0.1) is 24.1 Å². The summed E-state index contributed by atoms with van der Waals surface area (Å²) in [5.41, 5.74) is 6.55. The van der Waals surface area contributed by atoms with E-state index in [1.807, 2.05) is 0 Å². The summed E-state index contributed by atoms with van der Waals surface area (Å²) in [6.07, 6.45) is 0. The van der Waals surface area contributed by atoms with Crippen molar-refractivity contribution in [3.8, 4) is 6.07 Å². The smallest absolute Gasteiger partial charge is 0.157 e. The average Bonchev–Trinajstić information content (AvgIpc) is 2.08. The number of halogens is 2. The summed E-state index contributed by atoms with van der Waals surface area (Å²) in [4.78, 5) is 0. The second kappa shape index (κ2) is 3.11. The van der Waals surface area contributed by atoms with Crippen molar-refractivity contribution in [2.24, 2.45) is 0 Å². The van der Waals surface area contributed by atoms with Gasteiger partial charge in [0.05, 0.1) is 15.7 Å². The SMILES string of the molecule is Cc1cc(C#N)c(F)c(Br)c1N. The fourth-order valence-electron chi connectivity index (χ4n) is 0.849. The third kappa shape index (κ3) is 1.28. The van der Waals surface area contributed by atoms with E-state index in [1.54, 1.807) is 13.0 Å². The van der Waals surface area contributed by atoms with Crippen LogP contribution in [-0.4, -0.2) is 0 Å². The molecule has 0 saturated carbocycles. The fraction of sp³-hybridized carbons (Fsp3) is 0.125. The van der Waals surface area contributed by atoms with Gasteiger partial charge in [-0.05, 0) is 34.5 Å². The van der Waals surface area contributed by atoms with Gasteiger partial charge in [-0.2, -0.15) is 5.26 Å². The van der Waals surface area contributed by atoms with Gasteiger partial charge in [0.1, 0.15) is 6.07 Å². The van der Waals surface area contributed by atoms with Gasteiger partial charge in [-0.15, -0.1) is 0 Å². The highest BCUT2D eigenvalue weighted by Crippen LogP contribution is 2.28. The predicted molar refractivity (Wildman–Crippen MR) is 48.0 cm³/mol. The van der Waals surface area contributed by atoms with E-state index in [0.717, 1.165) is 0 Å². The second-order valence-electron chi connectivity index (χ2n) is 2.39. The maximum Gasteiger partial charge on any atom is 0.157 e. The number of nitrogens with two attached hydrogens (primary N) is 1. The summed E-state index contributed by atoms with van der Waals surface area (Å²) in [6, 6.07) is 3.17. The monoisotopic (exact) mass is 228 g/mol. The molecule has 0 aliphatic carbocycles. The molecule has 0 saturated heterocycles. The first kappa shape index (κ1) is 9.01. The van der Waals surface area contributed by atoms with Crippen molar-refractivity contribution in [3.63, 3.8) is 0 Å². The van der Waals surface area contributed by atoms with Gasteiger partial charge < -0.3 is 5.73 Å². The number of rotatable bonds is 0. The molecule has 0 unspecified atom stereocenters. The molecule has 1 aromatic rings. The molecule has 0 atom stereocenters. The maximum atomic E-state index is 13.1. The lowest BCUT2D eigenvalue weighted by atomic mass is 10.1. The quantitative estimate of drug-likeness (QED) is 0.694. The zero-order chi connectivity index (χ0) is 9.30. The Labute approximate surface area is 77.9 Å². The number of nitrogens with zero attached hydrogens (tertiary/aromatic N) is 1. The van der Waals surface area contributed by atoms with Crippen LogP contribution in [0.4, 0.5) is 10.1 Å². The maximum absolute atomic E-state index is 13.1. The Balaban J connectivity index is 3.52. The fourth-order valence-corrected chi connectivity index (χ4v) is 1.37. The number of hydrogen-bond donors (Lipinski definition) is 1.